The molecule has 0 aromatic carbocycles. The molecule has 3 aromatic heterocycles. The molecular formula is C18H20N4O2S2. The van der Waals surface area contributed by atoms with Crippen molar-refractivity contribution < 1.29 is 9.53 Å². The summed E-state index contributed by atoms with van der Waals surface area (Å²) in [5, 5.41) is 6.64. The van der Waals surface area contributed by atoms with Crippen molar-refractivity contribution in [3.8, 4) is 5.88 Å². The molecule has 0 saturated carbocycles. The van der Waals surface area contributed by atoms with Crippen LogP contribution in [-0.4, -0.2) is 39.5 Å². The van der Waals surface area contributed by atoms with Crippen molar-refractivity contribution in [2.75, 3.05) is 11.9 Å². The second kappa shape index (κ2) is 7.30. The molecule has 3 aromatic rings. The molecule has 0 bridgehead atoms. The van der Waals surface area contributed by atoms with Crippen LogP contribution in [0, 0.1) is 0 Å². The van der Waals surface area contributed by atoms with Gasteiger partial charge in [-0.25, -0.2) is 9.97 Å². The summed E-state index contributed by atoms with van der Waals surface area (Å²) < 4.78 is 7.34. The van der Waals surface area contributed by atoms with Gasteiger partial charge in [-0.1, -0.05) is 0 Å². The highest BCUT2D eigenvalue weighted by Crippen LogP contribution is 2.32. The van der Waals surface area contributed by atoms with E-state index in [0.717, 1.165) is 35.0 Å². The van der Waals surface area contributed by atoms with Gasteiger partial charge in [0.05, 0.1) is 4.70 Å². The number of rotatable bonds is 5. The van der Waals surface area contributed by atoms with E-state index in [2.05, 4.69) is 38.6 Å². The molecule has 136 valence electrons. The molecule has 0 radical (unpaired) electrons. The Labute approximate surface area is 159 Å². The first-order valence-corrected chi connectivity index (χ1v) is 10.2. The second-order valence-electron chi connectivity index (χ2n) is 6.52. The average molecular weight is 389 g/mol. The number of carbonyl (C=O) groups is 1. The minimum absolute atomic E-state index is 0.0934. The zero-order valence-electron chi connectivity index (χ0n) is 14.6. The molecule has 1 aliphatic rings. The van der Waals surface area contributed by atoms with E-state index in [1.54, 1.807) is 17.5 Å². The number of likely N-dealkylation sites (tertiary alicyclic amines) is 1. The van der Waals surface area contributed by atoms with Gasteiger partial charge in [-0.2, -0.15) is 0 Å². The van der Waals surface area contributed by atoms with Crippen molar-refractivity contribution >= 4 is 43.8 Å². The minimum atomic E-state index is -0.0934. The molecule has 8 heteroatoms. The maximum absolute atomic E-state index is 11.1. The highest BCUT2D eigenvalue weighted by Gasteiger charge is 2.31. The van der Waals surface area contributed by atoms with Crippen LogP contribution in [0.15, 0.2) is 29.9 Å². The van der Waals surface area contributed by atoms with Crippen LogP contribution in [-0.2, 0) is 11.3 Å². The highest BCUT2D eigenvalue weighted by atomic mass is 32.1. The maximum atomic E-state index is 11.1. The Morgan fingerprint density at radius 1 is 1.42 bits per heavy atom. The molecule has 26 heavy (non-hydrogen) atoms. The lowest BCUT2D eigenvalue weighted by molar-refractivity contribution is -0.114. The van der Waals surface area contributed by atoms with Gasteiger partial charge in [0.2, 0.25) is 11.8 Å². The predicted molar refractivity (Wildman–Crippen MR) is 105 cm³/mol. The molecule has 1 saturated heterocycles. The number of ether oxygens (including phenoxy) is 1. The summed E-state index contributed by atoms with van der Waals surface area (Å²) in [6, 6.07) is 4.53. The van der Waals surface area contributed by atoms with Crippen molar-refractivity contribution in [3.63, 3.8) is 0 Å². The number of hydrogen-bond acceptors (Lipinski definition) is 7. The Kier molecular flexibility index (Phi) is 4.88. The van der Waals surface area contributed by atoms with Crippen LogP contribution in [0.4, 0.5) is 5.13 Å². The first-order chi connectivity index (χ1) is 12.6. The van der Waals surface area contributed by atoms with E-state index in [1.807, 2.05) is 12.3 Å². The van der Waals surface area contributed by atoms with E-state index in [0.29, 0.717) is 11.2 Å². The second-order valence-corrected chi connectivity index (χ2v) is 8.55. The van der Waals surface area contributed by atoms with Crippen LogP contribution in [0.5, 0.6) is 5.88 Å². The van der Waals surface area contributed by atoms with Crippen molar-refractivity contribution in [3.05, 3.63) is 34.8 Å². The van der Waals surface area contributed by atoms with E-state index in [4.69, 9.17) is 4.74 Å². The molecule has 1 N–H and O–H groups in total. The first kappa shape index (κ1) is 17.4. The number of pyridine rings is 1. The number of amides is 1. The van der Waals surface area contributed by atoms with E-state index in [1.165, 1.54) is 23.6 Å². The van der Waals surface area contributed by atoms with Crippen LogP contribution >= 0.6 is 22.7 Å². The molecule has 0 unspecified atom stereocenters. The number of carbonyl (C=O) groups excluding carboxylic acids is 1. The quantitative estimate of drug-likeness (QED) is 0.721. The number of fused-ring (bicyclic) bond motifs is 1. The smallest absolute Gasteiger partial charge is 0.232 e. The van der Waals surface area contributed by atoms with Gasteiger partial charge >= 0.3 is 0 Å². The van der Waals surface area contributed by atoms with Gasteiger partial charge in [0.25, 0.3) is 0 Å². The minimum Gasteiger partial charge on any atom is -0.472 e. The normalized spacial score (nSPS) is 20.5. The lowest BCUT2D eigenvalue weighted by Gasteiger charge is -2.19. The van der Waals surface area contributed by atoms with Gasteiger partial charge < -0.3 is 10.1 Å². The van der Waals surface area contributed by atoms with E-state index in [9.17, 15) is 4.79 Å². The van der Waals surface area contributed by atoms with Crippen molar-refractivity contribution in [2.24, 2.45) is 0 Å². The predicted octanol–water partition coefficient (Wildman–Crippen LogP) is 3.75. The van der Waals surface area contributed by atoms with Gasteiger partial charge in [0, 0.05) is 49.7 Å². The zero-order valence-corrected chi connectivity index (χ0v) is 16.3. The molecule has 1 fully saturated rings. The molecule has 2 atom stereocenters. The van der Waals surface area contributed by atoms with Crippen molar-refractivity contribution in [2.45, 2.75) is 39.0 Å². The fourth-order valence-corrected chi connectivity index (χ4v) is 4.96. The summed E-state index contributed by atoms with van der Waals surface area (Å²) in [7, 11) is 0. The SMILES string of the molecule is CC(=O)Nc1ncc(CN2C[C@H](Oc3nccc4ccsc34)C[C@@H]2C)s1. The van der Waals surface area contributed by atoms with Gasteiger partial charge in [-0.3, -0.25) is 9.69 Å². The number of hydrogen-bond donors (Lipinski definition) is 1. The average Bonchev–Trinajstić information content (AvgIpc) is 3.29. The zero-order chi connectivity index (χ0) is 18.1. The summed E-state index contributed by atoms with van der Waals surface area (Å²) in [5.74, 6) is 0.645. The maximum Gasteiger partial charge on any atom is 0.232 e. The standard InChI is InChI=1S/C18H20N4O2S2/c1-11-7-14(24-17-16-13(3-5-19-17)4-6-25-16)9-22(11)10-15-8-20-18(26-15)21-12(2)23/h3-6,8,11,14H,7,9-10H2,1-2H3,(H,20,21,23)/t11-,14+/m0/s1. The highest BCUT2D eigenvalue weighted by molar-refractivity contribution is 7.17. The summed E-state index contributed by atoms with van der Waals surface area (Å²) in [4.78, 5) is 23.4. The number of anilines is 1. The van der Waals surface area contributed by atoms with Crippen LogP contribution in [0.2, 0.25) is 0 Å². The van der Waals surface area contributed by atoms with E-state index in [-0.39, 0.29) is 12.0 Å². The molecular weight excluding hydrogens is 368 g/mol. The number of aromatic nitrogens is 2. The summed E-state index contributed by atoms with van der Waals surface area (Å²) >= 11 is 3.19. The Bertz CT molecular complexity index is 923. The fraction of sp³-hybridized carbons (Fsp3) is 0.389. The summed E-state index contributed by atoms with van der Waals surface area (Å²) in [6.07, 6.45) is 4.75. The molecule has 4 rings (SSSR count). The van der Waals surface area contributed by atoms with Crippen molar-refractivity contribution in [1.82, 2.24) is 14.9 Å². The van der Waals surface area contributed by atoms with Crippen LogP contribution in [0.1, 0.15) is 25.1 Å². The monoisotopic (exact) mass is 388 g/mol. The van der Waals surface area contributed by atoms with Crippen LogP contribution < -0.4 is 10.1 Å². The molecule has 1 aliphatic heterocycles. The van der Waals surface area contributed by atoms with Gasteiger partial charge in [0.1, 0.15) is 6.10 Å². The molecule has 6 nitrogen and oxygen atoms in total. The Morgan fingerprint density at radius 3 is 3.15 bits per heavy atom. The third kappa shape index (κ3) is 3.72. The van der Waals surface area contributed by atoms with Crippen LogP contribution in [0.3, 0.4) is 0 Å². The lowest BCUT2D eigenvalue weighted by atomic mass is 10.2. The Balaban J connectivity index is 1.40. The lowest BCUT2D eigenvalue weighted by Crippen LogP contribution is -2.27. The van der Waals surface area contributed by atoms with Gasteiger partial charge in [-0.05, 0) is 29.8 Å². The Hall–Kier alpha value is -2.03. The third-order valence-electron chi connectivity index (χ3n) is 4.48. The number of nitrogens with one attached hydrogen (secondary N) is 1. The third-order valence-corrected chi connectivity index (χ3v) is 6.29. The largest absolute Gasteiger partial charge is 0.472 e. The number of thiazole rings is 1. The molecule has 0 aliphatic carbocycles. The Morgan fingerprint density at radius 2 is 2.31 bits per heavy atom. The number of nitrogens with zero attached hydrogens (tertiary/aromatic N) is 3. The summed E-state index contributed by atoms with van der Waals surface area (Å²) in [6.45, 7) is 5.39. The summed E-state index contributed by atoms with van der Waals surface area (Å²) in [5.41, 5.74) is 0. The number of thiophene rings is 1. The molecule has 0 spiro atoms. The molecule has 4 heterocycles. The first-order valence-electron chi connectivity index (χ1n) is 8.53. The van der Waals surface area contributed by atoms with Crippen molar-refractivity contribution in [1.29, 1.82) is 0 Å². The van der Waals surface area contributed by atoms with Crippen LogP contribution in [0.25, 0.3) is 10.1 Å². The topological polar surface area (TPSA) is 67.4 Å². The molecule has 1 amide bonds. The fourth-order valence-electron chi connectivity index (χ4n) is 3.25. The van der Waals surface area contributed by atoms with Gasteiger partial charge in [-0.15, -0.1) is 22.7 Å². The van der Waals surface area contributed by atoms with E-state index >= 15 is 0 Å². The van der Waals surface area contributed by atoms with E-state index < -0.39 is 0 Å². The van der Waals surface area contributed by atoms with Gasteiger partial charge in [0.15, 0.2) is 5.13 Å².